The summed E-state index contributed by atoms with van der Waals surface area (Å²) in [6.07, 6.45) is 6.58. The topological polar surface area (TPSA) is 64.6 Å². The van der Waals surface area contributed by atoms with Gasteiger partial charge in [-0.25, -0.2) is 13.1 Å². The lowest BCUT2D eigenvalue weighted by atomic mass is 10.0. The van der Waals surface area contributed by atoms with Crippen molar-refractivity contribution in [1.82, 2.24) is 4.72 Å². The smallest absolute Gasteiger partial charge is 0.240 e. The molecule has 1 heterocycles. The van der Waals surface area contributed by atoms with Crippen LogP contribution < -0.4 is 14.2 Å². The maximum Gasteiger partial charge on any atom is 0.240 e. The molecule has 3 rings (SSSR count). The predicted octanol–water partition coefficient (Wildman–Crippen LogP) is 1.84. The highest BCUT2D eigenvalue weighted by atomic mass is 32.2. The molecule has 6 heteroatoms. The largest absolute Gasteiger partial charge is 0.486 e. The van der Waals surface area contributed by atoms with E-state index in [1.165, 1.54) is 6.07 Å². The first-order valence-corrected chi connectivity index (χ1v) is 8.20. The number of fused-ring (bicyclic) bond motifs is 1. The predicted molar refractivity (Wildman–Crippen MR) is 74.5 cm³/mol. The molecule has 1 aromatic rings. The van der Waals surface area contributed by atoms with E-state index in [9.17, 15) is 8.42 Å². The zero-order valence-corrected chi connectivity index (χ0v) is 11.9. The molecule has 5 nitrogen and oxygen atoms in total. The molecular weight excluding hydrogens is 278 g/mol. The van der Waals surface area contributed by atoms with E-state index in [-0.39, 0.29) is 10.9 Å². The lowest BCUT2D eigenvalue weighted by Gasteiger charge is -2.21. The maximum atomic E-state index is 12.4. The van der Waals surface area contributed by atoms with Crippen molar-refractivity contribution in [3.05, 3.63) is 30.4 Å². The summed E-state index contributed by atoms with van der Waals surface area (Å²) in [7, 11) is -3.51. The summed E-state index contributed by atoms with van der Waals surface area (Å²) in [6, 6.07) is 4.69. The zero-order valence-electron chi connectivity index (χ0n) is 11.0. The van der Waals surface area contributed by atoms with E-state index in [1.54, 1.807) is 12.1 Å². The zero-order chi connectivity index (χ0) is 14.0. The minimum Gasteiger partial charge on any atom is -0.486 e. The molecule has 0 spiro atoms. The molecule has 20 heavy (non-hydrogen) atoms. The van der Waals surface area contributed by atoms with E-state index in [4.69, 9.17) is 9.47 Å². The monoisotopic (exact) mass is 295 g/mol. The Labute approximate surface area is 118 Å². The molecule has 108 valence electrons. The van der Waals surface area contributed by atoms with Crippen molar-refractivity contribution in [3.8, 4) is 11.5 Å². The second kappa shape index (κ2) is 5.46. The molecule has 0 saturated carbocycles. The summed E-state index contributed by atoms with van der Waals surface area (Å²) in [6.45, 7) is 0.934. The number of ether oxygens (including phenoxy) is 2. The summed E-state index contributed by atoms with van der Waals surface area (Å²) in [5.74, 6) is 1.08. The van der Waals surface area contributed by atoms with Crippen molar-refractivity contribution in [3.63, 3.8) is 0 Å². The highest BCUT2D eigenvalue weighted by Gasteiger charge is 2.22. The lowest BCUT2D eigenvalue weighted by molar-refractivity contribution is 0.171. The van der Waals surface area contributed by atoms with Gasteiger partial charge in [0.15, 0.2) is 11.5 Å². The number of rotatable bonds is 3. The lowest BCUT2D eigenvalue weighted by Crippen LogP contribution is -2.35. The number of allylic oxidation sites excluding steroid dienone is 1. The molecule has 0 bridgehead atoms. The Morgan fingerprint density at radius 3 is 2.65 bits per heavy atom. The molecule has 1 atom stereocenters. The Bertz CT molecular complexity index is 624. The third kappa shape index (κ3) is 2.81. The van der Waals surface area contributed by atoms with Gasteiger partial charge in [-0.1, -0.05) is 12.2 Å². The van der Waals surface area contributed by atoms with Crippen LogP contribution in [0.1, 0.15) is 19.3 Å². The first-order chi connectivity index (χ1) is 9.65. The number of nitrogens with one attached hydrogen (secondary N) is 1. The van der Waals surface area contributed by atoms with Crippen LogP contribution in [0.15, 0.2) is 35.2 Å². The molecular formula is C14H17NO4S. The van der Waals surface area contributed by atoms with E-state index in [0.29, 0.717) is 24.7 Å². The van der Waals surface area contributed by atoms with Crippen LogP contribution in [-0.4, -0.2) is 27.7 Å². The van der Waals surface area contributed by atoms with Crippen LogP contribution in [0.3, 0.4) is 0 Å². The standard InChI is InChI=1S/C14H17NO4S/c16-20(17,15-11-4-2-1-3-5-11)12-6-7-13-14(10-12)19-9-8-18-13/h1-2,6-7,10-11,15H,3-5,8-9H2. The van der Waals surface area contributed by atoms with Gasteiger partial charge < -0.3 is 9.47 Å². The molecule has 1 aliphatic carbocycles. The Morgan fingerprint density at radius 2 is 1.90 bits per heavy atom. The van der Waals surface area contributed by atoms with E-state index >= 15 is 0 Å². The van der Waals surface area contributed by atoms with E-state index in [1.807, 2.05) is 6.08 Å². The highest BCUT2D eigenvalue weighted by Crippen LogP contribution is 2.32. The Kier molecular flexibility index (Phi) is 3.67. The fourth-order valence-corrected chi connectivity index (χ4v) is 3.68. The summed E-state index contributed by atoms with van der Waals surface area (Å²) in [4.78, 5) is 0.219. The van der Waals surface area contributed by atoms with E-state index in [2.05, 4.69) is 10.8 Å². The van der Waals surface area contributed by atoms with E-state index < -0.39 is 10.0 Å². The summed E-state index contributed by atoms with van der Waals surface area (Å²) in [5, 5.41) is 0. The second-order valence-corrected chi connectivity index (χ2v) is 6.62. The van der Waals surface area contributed by atoms with Crippen LogP contribution in [0, 0.1) is 0 Å². The van der Waals surface area contributed by atoms with Gasteiger partial charge in [-0.15, -0.1) is 0 Å². The number of benzene rings is 1. The Balaban J connectivity index is 1.81. The number of hydrogen-bond acceptors (Lipinski definition) is 4. The van der Waals surface area contributed by atoms with Crippen LogP contribution in [-0.2, 0) is 10.0 Å². The van der Waals surface area contributed by atoms with Gasteiger partial charge >= 0.3 is 0 Å². The Morgan fingerprint density at radius 1 is 1.10 bits per heavy atom. The molecule has 1 aromatic carbocycles. The van der Waals surface area contributed by atoms with Crippen molar-refractivity contribution >= 4 is 10.0 Å². The van der Waals surface area contributed by atoms with Crippen molar-refractivity contribution in [2.75, 3.05) is 13.2 Å². The van der Waals surface area contributed by atoms with Gasteiger partial charge in [0.05, 0.1) is 4.90 Å². The molecule has 0 saturated heterocycles. The SMILES string of the molecule is O=S(=O)(NC1CC=CCC1)c1ccc2c(c1)OCCO2. The summed E-state index contributed by atoms with van der Waals surface area (Å²) >= 11 is 0. The third-order valence-corrected chi connectivity index (χ3v) is 4.93. The van der Waals surface area contributed by atoms with Crippen LogP contribution in [0.5, 0.6) is 11.5 Å². The van der Waals surface area contributed by atoms with Gasteiger partial charge in [-0.2, -0.15) is 0 Å². The second-order valence-electron chi connectivity index (χ2n) is 4.91. The normalized spacial score (nSPS) is 21.7. The van der Waals surface area contributed by atoms with Gasteiger partial charge in [0, 0.05) is 12.1 Å². The summed E-state index contributed by atoms with van der Waals surface area (Å²) < 4.78 is 38.3. The molecule has 0 fully saturated rings. The average molecular weight is 295 g/mol. The van der Waals surface area contributed by atoms with Crippen LogP contribution in [0.2, 0.25) is 0 Å². The van der Waals surface area contributed by atoms with Gasteiger partial charge in [-0.05, 0) is 31.4 Å². The average Bonchev–Trinajstić information content (AvgIpc) is 2.47. The Hall–Kier alpha value is -1.53. The van der Waals surface area contributed by atoms with Crippen LogP contribution in [0.25, 0.3) is 0 Å². The van der Waals surface area contributed by atoms with Crippen molar-refractivity contribution in [2.24, 2.45) is 0 Å². The van der Waals surface area contributed by atoms with Crippen molar-refractivity contribution < 1.29 is 17.9 Å². The summed E-state index contributed by atoms with van der Waals surface area (Å²) in [5.41, 5.74) is 0. The maximum absolute atomic E-state index is 12.4. The highest BCUT2D eigenvalue weighted by molar-refractivity contribution is 7.89. The molecule has 1 N–H and O–H groups in total. The van der Waals surface area contributed by atoms with Crippen molar-refractivity contribution in [2.45, 2.75) is 30.2 Å². The fraction of sp³-hybridized carbons (Fsp3) is 0.429. The van der Waals surface area contributed by atoms with Crippen molar-refractivity contribution in [1.29, 1.82) is 0 Å². The van der Waals surface area contributed by atoms with Crippen LogP contribution in [0.4, 0.5) is 0 Å². The molecule has 0 aromatic heterocycles. The fourth-order valence-electron chi connectivity index (χ4n) is 2.38. The molecule has 0 radical (unpaired) electrons. The van der Waals surface area contributed by atoms with Gasteiger partial charge in [0.25, 0.3) is 0 Å². The molecule has 0 amide bonds. The minimum atomic E-state index is -3.51. The van der Waals surface area contributed by atoms with Crippen LogP contribution >= 0.6 is 0 Å². The van der Waals surface area contributed by atoms with E-state index in [0.717, 1.165) is 19.3 Å². The van der Waals surface area contributed by atoms with Gasteiger partial charge in [0.1, 0.15) is 13.2 Å². The quantitative estimate of drug-likeness (QED) is 0.864. The molecule has 1 unspecified atom stereocenters. The van der Waals surface area contributed by atoms with Gasteiger partial charge in [-0.3, -0.25) is 0 Å². The first-order valence-electron chi connectivity index (χ1n) is 6.72. The molecule has 1 aliphatic heterocycles. The number of hydrogen-bond donors (Lipinski definition) is 1. The minimum absolute atomic E-state index is 0.0294. The first kappa shape index (κ1) is 13.5. The van der Waals surface area contributed by atoms with Gasteiger partial charge in [0.2, 0.25) is 10.0 Å². The molecule has 2 aliphatic rings. The number of sulfonamides is 1. The third-order valence-electron chi connectivity index (χ3n) is 3.41.